The summed E-state index contributed by atoms with van der Waals surface area (Å²) in [7, 11) is 1.28. The summed E-state index contributed by atoms with van der Waals surface area (Å²) >= 11 is 0. The molecule has 0 saturated heterocycles. The van der Waals surface area contributed by atoms with Crippen molar-refractivity contribution in [3.05, 3.63) is 71.2 Å². The van der Waals surface area contributed by atoms with E-state index in [0.29, 0.717) is 68.7 Å². The van der Waals surface area contributed by atoms with E-state index in [1.165, 1.54) is 40.0 Å². The molecule has 7 N–H and O–H groups in total. The van der Waals surface area contributed by atoms with Crippen LogP contribution in [0, 0.1) is 5.92 Å². The summed E-state index contributed by atoms with van der Waals surface area (Å²) in [4.78, 5) is 96.4. The zero-order valence-corrected chi connectivity index (χ0v) is 33.7. The number of nitrogens with one attached hydrogen (secondary N) is 3. The first-order valence-electron chi connectivity index (χ1n) is 19.8. The van der Waals surface area contributed by atoms with Gasteiger partial charge in [0.2, 0.25) is 11.8 Å². The van der Waals surface area contributed by atoms with Gasteiger partial charge < -0.3 is 46.7 Å². The molecule has 3 aliphatic rings. The first-order valence-corrected chi connectivity index (χ1v) is 19.8. The molecule has 1 aromatic rings. The van der Waals surface area contributed by atoms with Crippen LogP contribution in [0.15, 0.2) is 65.7 Å². The minimum Gasteiger partial charge on any atom is -0.467 e. The first-order chi connectivity index (χ1) is 27.8. The lowest BCUT2D eigenvalue weighted by molar-refractivity contribution is -0.143. The van der Waals surface area contributed by atoms with Crippen molar-refractivity contribution in [2.75, 3.05) is 59.5 Å². The summed E-state index contributed by atoms with van der Waals surface area (Å²) in [5, 5.41) is 9.44. The highest BCUT2D eigenvalue weighted by molar-refractivity contribution is 5.99. The molecule has 0 radical (unpaired) electrons. The van der Waals surface area contributed by atoms with Crippen molar-refractivity contribution in [3.8, 4) is 0 Å². The Hall–Kier alpha value is -5.55. The Morgan fingerprint density at radius 1 is 0.655 bits per heavy atom. The monoisotopic (exact) mass is 806 g/mol. The third-order valence-corrected chi connectivity index (χ3v) is 9.89. The van der Waals surface area contributed by atoms with E-state index < -0.39 is 42.0 Å². The predicted molar refractivity (Wildman–Crippen MR) is 214 cm³/mol. The van der Waals surface area contributed by atoms with Crippen LogP contribution in [-0.2, 0) is 44.8 Å². The summed E-state index contributed by atoms with van der Waals surface area (Å²) in [6.45, 7) is 4.04. The summed E-state index contributed by atoms with van der Waals surface area (Å²) in [6, 6.07) is 6.69. The molecule has 0 saturated carbocycles. The van der Waals surface area contributed by atoms with E-state index in [-0.39, 0.29) is 69.1 Å². The highest BCUT2D eigenvalue weighted by Crippen LogP contribution is 2.18. The van der Waals surface area contributed by atoms with Gasteiger partial charge in [-0.25, -0.2) is 9.59 Å². The van der Waals surface area contributed by atoms with Gasteiger partial charge in [-0.1, -0.05) is 44.2 Å². The standard InChI is InChI=1S/C41H58N8O9/c1-27(2)37(39(54)48-20-29(17-32(50)24-48)45-36(40(55)57-3)14-8-10-16-43)46-31-19-33(51)23-47(21-31)38(53)35(13-7-9-15-42)44-30-18-34(52)25-49(22-30)41(56)58-26-28-11-5-4-6-12-28/h4-6,11-12,17-19,27,35-37,44-46H,7-10,13-16,20-26,42-43H2,1-3H3/t35-,36-,37-/m0/s1. The summed E-state index contributed by atoms with van der Waals surface area (Å²) in [5.74, 6) is -2.62. The molecule has 0 aromatic heterocycles. The highest BCUT2D eigenvalue weighted by atomic mass is 16.6. The van der Waals surface area contributed by atoms with E-state index in [1.54, 1.807) is 0 Å². The van der Waals surface area contributed by atoms with Gasteiger partial charge in [0.05, 0.1) is 46.4 Å². The van der Waals surface area contributed by atoms with Crippen LogP contribution < -0.4 is 27.4 Å². The van der Waals surface area contributed by atoms with Crippen LogP contribution in [0.4, 0.5) is 4.79 Å². The van der Waals surface area contributed by atoms with Gasteiger partial charge in [-0.05, 0) is 63.1 Å². The minimum atomic E-state index is -0.869. The third-order valence-electron chi connectivity index (χ3n) is 9.89. The van der Waals surface area contributed by atoms with Crippen LogP contribution >= 0.6 is 0 Å². The predicted octanol–water partition coefficient (Wildman–Crippen LogP) is 0.644. The van der Waals surface area contributed by atoms with Crippen LogP contribution in [0.3, 0.4) is 0 Å². The van der Waals surface area contributed by atoms with Crippen LogP contribution in [0.25, 0.3) is 0 Å². The van der Waals surface area contributed by atoms with Gasteiger partial charge in [-0.15, -0.1) is 0 Å². The van der Waals surface area contributed by atoms with Crippen LogP contribution in [-0.4, -0.2) is 134 Å². The Balaban J connectivity index is 1.43. The lowest BCUT2D eigenvalue weighted by Crippen LogP contribution is -2.56. The molecule has 17 nitrogen and oxygen atoms in total. The van der Waals surface area contributed by atoms with Crippen molar-refractivity contribution in [1.29, 1.82) is 0 Å². The Labute approximate surface area is 339 Å². The molecule has 17 heteroatoms. The number of rotatable bonds is 20. The molecule has 0 bridgehead atoms. The number of ketones is 3. The Morgan fingerprint density at radius 2 is 1.14 bits per heavy atom. The normalized spacial score (nSPS) is 17.4. The van der Waals surface area contributed by atoms with Gasteiger partial charge in [-0.2, -0.15) is 0 Å². The van der Waals surface area contributed by atoms with Crippen LogP contribution in [0.5, 0.6) is 0 Å². The quantitative estimate of drug-likeness (QED) is 0.0899. The first kappa shape index (κ1) is 45.2. The number of hydrogen-bond acceptors (Lipinski definition) is 14. The maximum atomic E-state index is 14.2. The van der Waals surface area contributed by atoms with Gasteiger partial charge >= 0.3 is 12.1 Å². The third kappa shape index (κ3) is 13.5. The molecule has 4 rings (SSSR count). The number of carbonyl (C=O) groups excluding carboxylic acids is 7. The summed E-state index contributed by atoms with van der Waals surface area (Å²) in [6.07, 6.45) is 6.80. The van der Waals surface area contributed by atoms with Gasteiger partial charge in [0.15, 0.2) is 17.3 Å². The molecule has 3 aliphatic heterocycles. The lowest BCUT2D eigenvalue weighted by Gasteiger charge is -2.36. The summed E-state index contributed by atoms with van der Waals surface area (Å²) < 4.78 is 10.4. The molecular formula is C41H58N8O9. The number of nitrogens with zero attached hydrogens (tertiary/aromatic N) is 3. The van der Waals surface area contributed by atoms with Gasteiger partial charge in [0.1, 0.15) is 24.7 Å². The van der Waals surface area contributed by atoms with E-state index >= 15 is 0 Å². The number of hydrogen-bond donors (Lipinski definition) is 5. The molecule has 0 spiro atoms. The molecule has 0 aliphatic carbocycles. The van der Waals surface area contributed by atoms with Crippen molar-refractivity contribution in [1.82, 2.24) is 30.7 Å². The molecule has 0 unspecified atom stereocenters. The molecule has 1 aromatic carbocycles. The molecule has 58 heavy (non-hydrogen) atoms. The van der Waals surface area contributed by atoms with E-state index in [4.69, 9.17) is 20.9 Å². The maximum Gasteiger partial charge on any atom is 0.410 e. The van der Waals surface area contributed by atoms with E-state index in [9.17, 15) is 33.6 Å². The molecule has 3 amide bonds. The zero-order valence-electron chi connectivity index (χ0n) is 33.7. The molecule has 3 heterocycles. The van der Waals surface area contributed by atoms with Crippen LogP contribution in [0.1, 0.15) is 57.9 Å². The van der Waals surface area contributed by atoms with Crippen molar-refractivity contribution in [2.24, 2.45) is 17.4 Å². The van der Waals surface area contributed by atoms with Crippen molar-refractivity contribution >= 4 is 41.2 Å². The average molecular weight is 807 g/mol. The Morgan fingerprint density at radius 3 is 1.67 bits per heavy atom. The van der Waals surface area contributed by atoms with E-state index in [2.05, 4.69) is 16.0 Å². The highest BCUT2D eigenvalue weighted by Gasteiger charge is 2.35. The second kappa shape index (κ2) is 22.4. The Kier molecular flexibility index (Phi) is 17.4. The van der Waals surface area contributed by atoms with Gasteiger partial charge in [0, 0.05) is 35.3 Å². The number of benzene rings is 1. The summed E-state index contributed by atoms with van der Waals surface area (Å²) in [5.41, 5.74) is 13.3. The fourth-order valence-corrected chi connectivity index (χ4v) is 6.93. The number of carbonyl (C=O) groups is 7. The van der Waals surface area contributed by atoms with Gasteiger partial charge in [0.25, 0.3) is 0 Å². The largest absolute Gasteiger partial charge is 0.467 e. The number of nitrogens with two attached hydrogens (primary N) is 2. The Bertz CT molecular complexity index is 1750. The fourth-order valence-electron chi connectivity index (χ4n) is 6.93. The average Bonchev–Trinajstić information content (AvgIpc) is 3.20. The van der Waals surface area contributed by atoms with Crippen molar-refractivity contribution in [2.45, 2.75) is 77.1 Å². The van der Waals surface area contributed by atoms with Gasteiger partial charge in [-0.3, -0.25) is 28.9 Å². The number of ether oxygens (including phenoxy) is 2. The topological polar surface area (TPSA) is 236 Å². The smallest absolute Gasteiger partial charge is 0.410 e. The fraction of sp³-hybridized carbons (Fsp3) is 0.537. The lowest BCUT2D eigenvalue weighted by atomic mass is 10.00. The second-order valence-electron chi connectivity index (χ2n) is 15.0. The molecule has 316 valence electrons. The van der Waals surface area contributed by atoms with Crippen LogP contribution in [0.2, 0.25) is 0 Å². The molecular weight excluding hydrogens is 748 g/mol. The van der Waals surface area contributed by atoms with Crippen molar-refractivity contribution in [3.63, 3.8) is 0 Å². The molecule has 3 atom stereocenters. The number of unbranched alkanes of at least 4 members (excludes halogenated alkanes) is 2. The molecule has 0 fully saturated rings. The zero-order chi connectivity index (χ0) is 42.2. The SMILES string of the molecule is COC(=O)[C@H](CCCCN)NC1=CC(=O)CN(C(=O)[C@@H](NC2=CC(=O)CN(C(=O)[C@H](CCCCN)NC3=CC(=O)CN(C(=O)OCc4ccccc4)C3)C2)C(C)C)C1. The van der Waals surface area contributed by atoms with E-state index in [0.717, 1.165) is 5.56 Å². The number of methoxy groups -OCH3 is 1. The number of esters is 1. The van der Waals surface area contributed by atoms with Crippen molar-refractivity contribution < 1.29 is 43.0 Å². The number of amides is 3. The second-order valence-corrected chi connectivity index (χ2v) is 15.0. The minimum absolute atomic E-state index is 0.00685. The maximum absolute atomic E-state index is 14.2. The van der Waals surface area contributed by atoms with E-state index in [1.807, 2.05) is 44.2 Å².